The molecule has 0 aliphatic carbocycles. The molecular formula is C18H15BrO3. The number of Topliss-reactive ketones (excluding diaryl/α,β-unsaturated/α-hetero) is 1. The van der Waals surface area contributed by atoms with E-state index in [1.807, 2.05) is 54.6 Å². The summed E-state index contributed by atoms with van der Waals surface area (Å²) in [5.74, 6) is -0.936. The maximum Gasteiger partial charge on any atom is 0.342 e. The van der Waals surface area contributed by atoms with Crippen molar-refractivity contribution in [3.05, 3.63) is 75.8 Å². The number of carbonyl (C=O) groups is 2. The van der Waals surface area contributed by atoms with E-state index in [0.717, 1.165) is 15.6 Å². The van der Waals surface area contributed by atoms with Gasteiger partial charge in [0.25, 0.3) is 0 Å². The van der Waals surface area contributed by atoms with E-state index < -0.39 is 5.97 Å². The molecule has 0 atom stereocenters. The number of ketones is 1. The molecule has 22 heavy (non-hydrogen) atoms. The standard InChI is InChI=1S/C18H15BrO3/c1-13(20)17(11-15-8-5-9-16(19)10-15)18(21)22-12-14-6-3-2-4-7-14/h2-11H,12H2,1H3/b17-11+. The first kappa shape index (κ1) is 16.2. The quantitative estimate of drug-likeness (QED) is 0.348. The van der Waals surface area contributed by atoms with Gasteiger partial charge >= 0.3 is 5.97 Å². The smallest absolute Gasteiger partial charge is 0.342 e. The zero-order chi connectivity index (χ0) is 15.9. The minimum absolute atomic E-state index is 0.0361. The van der Waals surface area contributed by atoms with Crippen LogP contribution in [0.2, 0.25) is 0 Å². The third-order valence-electron chi connectivity index (χ3n) is 2.97. The van der Waals surface area contributed by atoms with Crippen molar-refractivity contribution < 1.29 is 14.3 Å². The fraction of sp³-hybridized carbons (Fsp3) is 0.111. The first-order chi connectivity index (χ1) is 10.6. The second-order valence-electron chi connectivity index (χ2n) is 4.73. The number of esters is 1. The Morgan fingerprint density at radius 2 is 1.82 bits per heavy atom. The van der Waals surface area contributed by atoms with Crippen molar-refractivity contribution in [1.29, 1.82) is 0 Å². The van der Waals surface area contributed by atoms with E-state index >= 15 is 0 Å². The number of ether oxygens (including phenoxy) is 1. The van der Waals surface area contributed by atoms with Gasteiger partial charge in [0.15, 0.2) is 5.78 Å². The Morgan fingerprint density at radius 3 is 2.45 bits per heavy atom. The van der Waals surface area contributed by atoms with Crippen LogP contribution >= 0.6 is 15.9 Å². The van der Waals surface area contributed by atoms with Gasteiger partial charge in [-0.05, 0) is 36.3 Å². The van der Waals surface area contributed by atoms with Crippen LogP contribution in [0.25, 0.3) is 6.08 Å². The molecule has 3 nitrogen and oxygen atoms in total. The maximum absolute atomic E-state index is 12.1. The second-order valence-corrected chi connectivity index (χ2v) is 5.65. The number of halogens is 1. The van der Waals surface area contributed by atoms with Gasteiger partial charge in [0.05, 0.1) is 0 Å². The van der Waals surface area contributed by atoms with Gasteiger partial charge in [-0.3, -0.25) is 4.79 Å². The molecule has 0 heterocycles. The molecule has 0 bridgehead atoms. The molecular weight excluding hydrogens is 344 g/mol. The topological polar surface area (TPSA) is 43.4 Å². The Bertz CT molecular complexity index is 705. The van der Waals surface area contributed by atoms with E-state index in [1.54, 1.807) is 6.08 Å². The molecule has 0 aromatic heterocycles. The average molecular weight is 359 g/mol. The highest BCUT2D eigenvalue weighted by Gasteiger charge is 2.16. The highest BCUT2D eigenvalue weighted by molar-refractivity contribution is 9.10. The van der Waals surface area contributed by atoms with Crippen molar-refractivity contribution >= 4 is 33.8 Å². The van der Waals surface area contributed by atoms with E-state index in [-0.39, 0.29) is 18.0 Å². The summed E-state index contributed by atoms with van der Waals surface area (Å²) in [7, 11) is 0. The van der Waals surface area contributed by atoms with Gasteiger partial charge in [0.1, 0.15) is 12.2 Å². The number of hydrogen-bond donors (Lipinski definition) is 0. The molecule has 4 heteroatoms. The Morgan fingerprint density at radius 1 is 1.09 bits per heavy atom. The third-order valence-corrected chi connectivity index (χ3v) is 3.46. The molecule has 2 aromatic carbocycles. The molecule has 112 valence electrons. The van der Waals surface area contributed by atoms with Gasteiger partial charge in [-0.15, -0.1) is 0 Å². The number of benzene rings is 2. The SMILES string of the molecule is CC(=O)/C(=C\c1cccc(Br)c1)C(=O)OCc1ccccc1. The van der Waals surface area contributed by atoms with Gasteiger partial charge in [-0.1, -0.05) is 58.4 Å². The van der Waals surface area contributed by atoms with Crippen molar-refractivity contribution in [3.63, 3.8) is 0 Å². The lowest BCUT2D eigenvalue weighted by atomic mass is 10.1. The van der Waals surface area contributed by atoms with Gasteiger partial charge in [0.2, 0.25) is 0 Å². The van der Waals surface area contributed by atoms with Crippen LogP contribution in [-0.2, 0) is 20.9 Å². The molecule has 2 rings (SSSR count). The normalized spacial score (nSPS) is 11.1. The van der Waals surface area contributed by atoms with Gasteiger partial charge in [-0.25, -0.2) is 4.79 Å². The van der Waals surface area contributed by atoms with Crippen LogP contribution < -0.4 is 0 Å². The van der Waals surface area contributed by atoms with Gasteiger partial charge < -0.3 is 4.74 Å². The summed E-state index contributed by atoms with van der Waals surface area (Å²) in [6.07, 6.45) is 1.54. The molecule has 0 radical (unpaired) electrons. The lowest BCUT2D eigenvalue weighted by Gasteiger charge is -2.06. The van der Waals surface area contributed by atoms with E-state index in [4.69, 9.17) is 4.74 Å². The Balaban J connectivity index is 2.14. The fourth-order valence-corrected chi connectivity index (χ4v) is 2.29. The summed E-state index contributed by atoms with van der Waals surface area (Å²) < 4.78 is 6.09. The molecule has 0 amide bonds. The van der Waals surface area contributed by atoms with Crippen LogP contribution in [0.5, 0.6) is 0 Å². The summed E-state index contributed by atoms with van der Waals surface area (Å²) in [6.45, 7) is 1.50. The van der Waals surface area contributed by atoms with Crippen LogP contribution in [0.1, 0.15) is 18.1 Å². The van der Waals surface area contributed by atoms with Gasteiger partial charge in [-0.2, -0.15) is 0 Å². The summed E-state index contributed by atoms with van der Waals surface area (Å²) in [5, 5.41) is 0. The zero-order valence-electron chi connectivity index (χ0n) is 12.1. The van der Waals surface area contributed by atoms with Crippen LogP contribution in [0.3, 0.4) is 0 Å². The van der Waals surface area contributed by atoms with Crippen molar-refractivity contribution in [2.75, 3.05) is 0 Å². The first-order valence-corrected chi connectivity index (χ1v) is 7.55. The number of carbonyl (C=O) groups excluding carboxylic acids is 2. The van der Waals surface area contributed by atoms with Gasteiger partial charge in [0, 0.05) is 4.47 Å². The molecule has 0 unspecified atom stereocenters. The molecule has 0 N–H and O–H groups in total. The Labute approximate surface area is 137 Å². The van der Waals surface area contributed by atoms with E-state index in [9.17, 15) is 9.59 Å². The number of hydrogen-bond acceptors (Lipinski definition) is 3. The monoisotopic (exact) mass is 358 g/mol. The fourth-order valence-electron chi connectivity index (χ4n) is 1.87. The molecule has 0 aliphatic rings. The summed E-state index contributed by atoms with van der Waals surface area (Å²) in [6, 6.07) is 16.7. The molecule has 0 saturated heterocycles. The second kappa shape index (κ2) is 7.71. The highest BCUT2D eigenvalue weighted by atomic mass is 79.9. The average Bonchev–Trinajstić information content (AvgIpc) is 2.51. The van der Waals surface area contributed by atoms with Crippen LogP contribution in [0, 0.1) is 0 Å². The van der Waals surface area contributed by atoms with Crippen LogP contribution in [0.15, 0.2) is 64.6 Å². The molecule has 0 spiro atoms. The minimum atomic E-state index is -0.615. The van der Waals surface area contributed by atoms with Crippen molar-refractivity contribution in [2.45, 2.75) is 13.5 Å². The van der Waals surface area contributed by atoms with E-state index in [0.29, 0.717) is 0 Å². The Kier molecular flexibility index (Phi) is 5.67. The highest BCUT2D eigenvalue weighted by Crippen LogP contribution is 2.16. The van der Waals surface area contributed by atoms with Crippen LogP contribution in [0.4, 0.5) is 0 Å². The largest absolute Gasteiger partial charge is 0.457 e. The lowest BCUT2D eigenvalue weighted by molar-refractivity contribution is -0.141. The van der Waals surface area contributed by atoms with Crippen molar-refractivity contribution in [1.82, 2.24) is 0 Å². The lowest BCUT2D eigenvalue weighted by Crippen LogP contribution is -2.13. The predicted octanol–water partition coefficient (Wildman–Crippen LogP) is 4.16. The molecule has 2 aromatic rings. The molecule has 0 saturated carbocycles. The minimum Gasteiger partial charge on any atom is -0.457 e. The van der Waals surface area contributed by atoms with E-state index in [2.05, 4.69) is 15.9 Å². The van der Waals surface area contributed by atoms with Crippen LogP contribution in [-0.4, -0.2) is 11.8 Å². The Hall–Kier alpha value is -2.20. The molecule has 0 fully saturated rings. The maximum atomic E-state index is 12.1. The summed E-state index contributed by atoms with van der Waals surface area (Å²) in [5.41, 5.74) is 1.67. The third kappa shape index (κ3) is 4.67. The number of rotatable bonds is 5. The predicted molar refractivity (Wildman–Crippen MR) is 89.0 cm³/mol. The van der Waals surface area contributed by atoms with Crippen molar-refractivity contribution in [3.8, 4) is 0 Å². The van der Waals surface area contributed by atoms with E-state index in [1.165, 1.54) is 6.92 Å². The molecule has 0 aliphatic heterocycles. The summed E-state index contributed by atoms with van der Waals surface area (Å²) >= 11 is 3.36. The first-order valence-electron chi connectivity index (χ1n) is 6.75. The zero-order valence-corrected chi connectivity index (χ0v) is 13.7. The summed E-state index contributed by atoms with van der Waals surface area (Å²) in [4.78, 5) is 23.8. The van der Waals surface area contributed by atoms with Crippen molar-refractivity contribution in [2.24, 2.45) is 0 Å².